The second-order valence-corrected chi connectivity index (χ2v) is 6.41. The molecule has 4 rings (SSSR count). The minimum Gasteiger partial charge on any atom is -0.340 e. The molecule has 0 fully saturated rings. The van der Waals surface area contributed by atoms with Crippen molar-refractivity contribution >= 4 is 29.0 Å². The minimum absolute atomic E-state index is 0.0944. The van der Waals surface area contributed by atoms with Crippen molar-refractivity contribution in [3.63, 3.8) is 0 Å². The summed E-state index contributed by atoms with van der Waals surface area (Å²) in [6.45, 7) is 0. The van der Waals surface area contributed by atoms with Gasteiger partial charge in [0, 0.05) is 18.1 Å². The van der Waals surface area contributed by atoms with E-state index in [1.807, 2.05) is 48.5 Å². The van der Waals surface area contributed by atoms with Gasteiger partial charge in [-0.05, 0) is 59.7 Å². The summed E-state index contributed by atoms with van der Waals surface area (Å²) in [6, 6.07) is 22.5. The van der Waals surface area contributed by atoms with E-state index in [9.17, 15) is 9.18 Å². The molecule has 0 spiro atoms. The molecule has 2 amide bonds. The van der Waals surface area contributed by atoms with Gasteiger partial charge in [0.2, 0.25) is 0 Å². The van der Waals surface area contributed by atoms with Crippen molar-refractivity contribution in [3.8, 4) is 11.1 Å². The first kappa shape index (κ1) is 19.1. The van der Waals surface area contributed by atoms with E-state index in [2.05, 4.69) is 25.9 Å². The Morgan fingerprint density at radius 1 is 0.733 bits per heavy atom. The number of pyridine rings is 2. The Balaban J connectivity index is 1.49. The molecule has 0 aliphatic rings. The summed E-state index contributed by atoms with van der Waals surface area (Å²) in [5.41, 5.74) is 2.79. The highest BCUT2D eigenvalue weighted by atomic mass is 19.1. The van der Waals surface area contributed by atoms with Crippen LogP contribution >= 0.6 is 0 Å². The highest BCUT2D eigenvalue weighted by molar-refractivity contribution is 5.99. The molecule has 30 heavy (non-hydrogen) atoms. The highest BCUT2D eigenvalue weighted by Gasteiger charge is 2.08. The fourth-order valence-electron chi connectivity index (χ4n) is 2.86. The van der Waals surface area contributed by atoms with Crippen LogP contribution in [-0.4, -0.2) is 16.0 Å². The van der Waals surface area contributed by atoms with Crippen LogP contribution in [0, 0.1) is 5.82 Å². The fraction of sp³-hybridized carbons (Fsp3) is 0. The zero-order chi connectivity index (χ0) is 20.8. The number of anilines is 4. The van der Waals surface area contributed by atoms with Crippen LogP contribution in [0.1, 0.15) is 0 Å². The van der Waals surface area contributed by atoms with Crippen molar-refractivity contribution in [2.75, 3.05) is 16.0 Å². The van der Waals surface area contributed by atoms with Gasteiger partial charge in [0.05, 0.1) is 5.69 Å². The topological polar surface area (TPSA) is 78.9 Å². The minimum atomic E-state index is -0.578. The molecule has 4 aromatic rings. The van der Waals surface area contributed by atoms with E-state index in [-0.39, 0.29) is 5.69 Å². The van der Waals surface area contributed by atoms with E-state index in [1.54, 1.807) is 30.6 Å². The van der Waals surface area contributed by atoms with Gasteiger partial charge in [-0.25, -0.2) is 19.2 Å². The van der Waals surface area contributed by atoms with Gasteiger partial charge in [0.15, 0.2) is 0 Å². The van der Waals surface area contributed by atoms with Crippen LogP contribution in [0.15, 0.2) is 91.3 Å². The van der Waals surface area contributed by atoms with Crippen molar-refractivity contribution in [2.24, 2.45) is 0 Å². The molecule has 2 aromatic heterocycles. The normalized spacial score (nSPS) is 10.3. The Bertz CT molecular complexity index is 1170. The summed E-state index contributed by atoms with van der Waals surface area (Å²) < 4.78 is 13.7. The summed E-state index contributed by atoms with van der Waals surface area (Å²) in [4.78, 5) is 20.7. The number of hydrogen-bond donors (Lipinski definition) is 3. The standard InChI is InChI=1S/C23H18FN5O/c24-19-8-4-5-9-20(19)28-23(30)29-22-15-17(11-13-26-22)16-10-12-25-21(14-16)27-18-6-2-1-3-7-18/h1-15H,(H,25,27)(H2,26,28,29,30). The van der Waals surface area contributed by atoms with E-state index in [0.717, 1.165) is 16.8 Å². The lowest BCUT2D eigenvalue weighted by Crippen LogP contribution is -2.20. The highest BCUT2D eigenvalue weighted by Crippen LogP contribution is 2.24. The number of halogens is 1. The molecule has 0 saturated carbocycles. The predicted octanol–water partition coefficient (Wildman–Crippen LogP) is 5.67. The molecular weight excluding hydrogens is 381 g/mol. The molecule has 0 bridgehead atoms. The molecule has 0 atom stereocenters. The van der Waals surface area contributed by atoms with Gasteiger partial charge >= 0.3 is 6.03 Å². The predicted molar refractivity (Wildman–Crippen MR) is 116 cm³/mol. The lowest BCUT2D eigenvalue weighted by Gasteiger charge is -2.10. The first-order valence-electron chi connectivity index (χ1n) is 9.24. The second-order valence-electron chi connectivity index (χ2n) is 6.41. The lowest BCUT2D eigenvalue weighted by atomic mass is 10.1. The van der Waals surface area contributed by atoms with Crippen molar-refractivity contribution in [1.82, 2.24) is 9.97 Å². The van der Waals surface area contributed by atoms with E-state index < -0.39 is 11.8 Å². The van der Waals surface area contributed by atoms with Crippen LogP contribution in [0.5, 0.6) is 0 Å². The first-order valence-corrected chi connectivity index (χ1v) is 9.24. The van der Waals surface area contributed by atoms with Crippen LogP contribution in [-0.2, 0) is 0 Å². The Labute approximate surface area is 172 Å². The molecule has 2 heterocycles. The van der Waals surface area contributed by atoms with Crippen LogP contribution in [0.3, 0.4) is 0 Å². The maximum Gasteiger partial charge on any atom is 0.324 e. The van der Waals surface area contributed by atoms with Crippen LogP contribution in [0.25, 0.3) is 11.1 Å². The number of aromatic nitrogens is 2. The SMILES string of the molecule is O=C(Nc1cc(-c2ccnc(Nc3ccccc3)c2)ccn1)Nc1ccccc1F. The molecule has 2 aromatic carbocycles. The van der Waals surface area contributed by atoms with Gasteiger partial charge in [0.1, 0.15) is 17.5 Å². The molecule has 7 heteroatoms. The number of nitrogens with zero attached hydrogens (tertiary/aromatic N) is 2. The fourth-order valence-corrected chi connectivity index (χ4v) is 2.86. The van der Waals surface area contributed by atoms with E-state index >= 15 is 0 Å². The Kier molecular flexibility index (Phi) is 5.61. The molecule has 3 N–H and O–H groups in total. The van der Waals surface area contributed by atoms with Gasteiger partial charge < -0.3 is 10.6 Å². The number of amides is 2. The number of carbonyl (C=O) groups is 1. The Hall–Kier alpha value is -4.26. The molecular formula is C23H18FN5O. The van der Waals surface area contributed by atoms with Crippen molar-refractivity contribution in [3.05, 3.63) is 97.1 Å². The van der Waals surface area contributed by atoms with Gasteiger partial charge in [-0.2, -0.15) is 0 Å². The van der Waals surface area contributed by atoms with Gasteiger partial charge in [-0.1, -0.05) is 30.3 Å². The molecule has 0 aliphatic heterocycles. The number of urea groups is 1. The lowest BCUT2D eigenvalue weighted by molar-refractivity contribution is 0.262. The third-order valence-electron chi connectivity index (χ3n) is 4.26. The number of rotatable bonds is 5. The van der Waals surface area contributed by atoms with Gasteiger partial charge in [-0.3, -0.25) is 5.32 Å². The summed E-state index contributed by atoms with van der Waals surface area (Å²) in [5.74, 6) is 0.530. The van der Waals surface area contributed by atoms with Crippen LogP contribution in [0.2, 0.25) is 0 Å². The summed E-state index contributed by atoms with van der Waals surface area (Å²) in [7, 11) is 0. The smallest absolute Gasteiger partial charge is 0.324 e. The average Bonchev–Trinajstić information content (AvgIpc) is 2.76. The maximum absolute atomic E-state index is 13.7. The maximum atomic E-state index is 13.7. The number of carbonyl (C=O) groups excluding carboxylic acids is 1. The molecule has 148 valence electrons. The largest absolute Gasteiger partial charge is 0.340 e. The quantitative estimate of drug-likeness (QED) is 0.404. The molecule has 0 saturated heterocycles. The Morgan fingerprint density at radius 2 is 1.37 bits per heavy atom. The van der Waals surface area contributed by atoms with Crippen molar-refractivity contribution in [1.29, 1.82) is 0 Å². The van der Waals surface area contributed by atoms with Crippen LogP contribution < -0.4 is 16.0 Å². The van der Waals surface area contributed by atoms with Crippen molar-refractivity contribution in [2.45, 2.75) is 0 Å². The second kappa shape index (κ2) is 8.83. The molecule has 6 nitrogen and oxygen atoms in total. The van der Waals surface area contributed by atoms with Gasteiger partial charge in [0.25, 0.3) is 0 Å². The Morgan fingerprint density at radius 3 is 2.10 bits per heavy atom. The van der Waals surface area contributed by atoms with Crippen LogP contribution in [0.4, 0.5) is 32.2 Å². The van der Waals surface area contributed by atoms with E-state index in [1.165, 1.54) is 12.1 Å². The van der Waals surface area contributed by atoms with Crippen molar-refractivity contribution < 1.29 is 9.18 Å². The zero-order valence-corrected chi connectivity index (χ0v) is 15.8. The number of nitrogens with one attached hydrogen (secondary N) is 3. The zero-order valence-electron chi connectivity index (χ0n) is 15.8. The third-order valence-corrected chi connectivity index (χ3v) is 4.26. The summed E-state index contributed by atoms with van der Waals surface area (Å²) in [6.07, 6.45) is 3.30. The first-order chi connectivity index (χ1) is 14.7. The monoisotopic (exact) mass is 399 g/mol. The van der Waals surface area contributed by atoms with E-state index in [4.69, 9.17) is 0 Å². The van der Waals surface area contributed by atoms with E-state index in [0.29, 0.717) is 11.6 Å². The summed E-state index contributed by atoms with van der Waals surface area (Å²) >= 11 is 0. The number of hydrogen-bond acceptors (Lipinski definition) is 4. The molecule has 0 radical (unpaired) electrons. The molecule has 0 aliphatic carbocycles. The molecule has 0 unspecified atom stereocenters. The third kappa shape index (κ3) is 4.77. The summed E-state index contributed by atoms with van der Waals surface area (Å²) in [5, 5.41) is 8.34. The number of benzene rings is 2. The van der Waals surface area contributed by atoms with Gasteiger partial charge in [-0.15, -0.1) is 0 Å². The average molecular weight is 399 g/mol. The number of para-hydroxylation sites is 2.